The quantitative estimate of drug-likeness (QED) is 0.857. The molecule has 0 unspecified atom stereocenters. The molecule has 1 heterocycles. The highest BCUT2D eigenvalue weighted by Crippen LogP contribution is 2.20. The molecule has 0 radical (unpaired) electrons. The van der Waals surface area contributed by atoms with Gasteiger partial charge in [-0.3, -0.25) is 4.79 Å². The van der Waals surface area contributed by atoms with Crippen LogP contribution >= 0.6 is 0 Å². The zero-order chi connectivity index (χ0) is 17.9. The van der Waals surface area contributed by atoms with E-state index < -0.39 is 0 Å². The predicted molar refractivity (Wildman–Crippen MR) is 98.9 cm³/mol. The molecule has 2 aromatic rings. The van der Waals surface area contributed by atoms with Crippen LogP contribution in [0.25, 0.3) is 5.69 Å². The van der Waals surface area contributed by atoms with Crippen LogP contribution in [0.3, 0.4) is 0 Å². The van der Waals surface area contributed by atoms with Crippen molar-refractivity contribution >= 4 is 5.91 Å². The van der Waals surface area contributed by atoms with Crippen LogP contribution in [-0.2, 0) is 6.42 Å². The molecule has 0 atom stereocenters. The molecule has 0 bridgehead atoms. The third-order valence-electron chi connectivity index (χ3n) is 4.65. The molecule has 0 aliphatic carbocycles. The number of hydrogen-bond donors (Lipinski definition) is 1. The summed E-state index contributed by atoms with van der Waals surface area (Å²) in [5, 5.41) is 7.72. The lowest BCUT2D eigenvalue weighted by Crippen LogP contribution is -2.42. The van der Waals surface area contributed by atoms with Crippen molar-refractivity contribution in [3.8, 4) is 5.69 Å². The number of carbonyl (C=O) groups is 1. The van der Waals surface area contributed by atoms with Gasteiger partial charge >= 0.3 is 0 Å². The zero-order valence-electron chi connectivity index (χ0n) is 15.7. The summed E-state index contributed by atoms with van der Waals surface area (Å²) in [5.74, 6) is -0.0339. The lowest BCUT2D eigenvalue weighted by molar-refractivity contribution is 0.0911. The largest absolute Gasteiger partial charge is 0.347 e. The average molecular weight is 327 g/mol. The van der Waals surface area contributed by atoms with Gasteiger partial charge in [0.2, 0.25) is 0 Å². The average Bonchev–Trinajstić information content (AvgIpc) is 2.83. The fourth-order valence-corrected chi connectivity index (χ4v) is 2.76. The van der Waals surface area contributed by atoms with Gasteiger partial charge < -0.3 is 5.32 Å². The molecule has 4 nitrogen and oxygen atoms in total. The minimum absolute atomic E-state index is 0.0339. The van der Waals surface area contributed by atoms with Gasteiger partial charge in [-0.15, -0.1) is 0 Å². The molecule has 0 aliphatic heterocycles. The molecule has 0 aliphatic rings. The third kappa shape index (κ3) is 3.86. The van der Waals surface area contributed by atoms with Crippen LogP contribution in [0.4, 0.5) is 0 Å². The SMILES string of the molecule is CCCc1c(C)nn(-c2ccc(C(=O)NC(C)(C)CC)cc2)c1C. The summed E-state index contributed by atoms with van der Waals surface area (Å²) in [6.07, 6.45) is 3.05. The van der Waals surface area contributed by atoms with Gasteiger partial charge in [0.15, 0.2) is 0 Å². The van der Waals surface area contributed by atoms with E-state index in [-0.39, 0.29) is 11.4 Å². The van der Waals surface area contributed by atoms with E-state index in [0.29, 0.717) is 5.56 Å². The Hall–Kier alpha value is -2.10. The maximum Gasteiger partial charge on any atom is 0.251 e. The van der Waals surface area contributed by atoms with Gasteiger partial charge in [-0.05, 0) is 70.4 Å². The van der Waals surface area contributed by atoms with Gasteiger partial charge in [0, 0.05) is 16.8 Å². The summed E-state index contributed by atoms with van der Waals surface area (Å²) >= 11 is 0. The molecule has 1 aromatic carbocycles. The van der Waals surface area contributed by atoms with Gasteiger partial charge in [0.1, 0.15) is 0 Å². The van der Waals surface area contributed by atoms with Crippen LogP contribution in [-0.4, -0.2) is 21.2 Å². The Kier molecular flexibility index (Phi) is 5.47. The highest BCUT2D eigenvalue weighted by Gasteiger charge is 2.19. The van der Waals surface area contributed by atoms with Crippen molar-refractivity contribution in [2.75, 3.05) is 0 Å². The standard InChI is InChI=1S/C20H29N3O/c1-7-9-18-14(3)22-23(15(18)4)17-12-10-16(11-13-17)19(24)21-20(5,6)8-2/h10-13H,7-9H2,1-6H3,(H,21,24). The monoisotopic (exact) mass is 327 g/mol. The lowest BCUT2D eigenvalue weighted by atomic mass is 10.0. The number of nitrogens with one attached hydrogen (secondary N) is 1. The summed E-state index contributed by atoms with van der Waals surface area (Å²) in [5.41, 5.74) is 5.06. The molecule has 2 rings (SSSR count). The summed E-state index contributed by atoms with van der Waals surface area (Å²) in [6, 6.07) is 7.66. The van der Waals surface area contributed by atoms with Crippen LogP contribution in [0, 0.1) is 13.8 Å². The minimum Gasteiger partial charge on any atom is -0.347 e. The summed E-state index contributed by atoms with van der Waals surface area (Å²) in [4.78, 5) is 12.3. The molecule has 0 saturated heterocycles. The number of hydrogen-bond acceptors (Lipinski definition) is 2. The first kappa shape index (κ1) is 18.2. The predicted octanol–water partition coefficient (Wildman–Crippen LogP) is 4.36. The van der Waals surface area contributed by atoms with E-state index in [4.69, 9.17) is 0 Å². The smallest absolute Gasteiger partial charge is 0.251 e. The molecule has 1 N–H and O–H groups in total. The maximum absolute atomic E-state index is 12.3. The van der Waals surface area contributed by atoms with E-state index in [1.54, 1.807) is 0 Å². The van der Waals surface area contributed by atoms with Crippen molar-refractivity contribution < 1.29 is 4.79 Å². The van der Waals surface area contributed by atoms with E-state index in [1.807, 2.05) is 42.8 Å². The first-order chi connectivity index (χ1) is 11.3. The van der Waals surface area contributed by atoms with Crippen molar-refractivity contribution in [1.82, 2.24) is 15.1 Å². The van der Waals surface area contributed by atoms with Gasteiger partial charge in [-0.1, -0.05) is 20.3 Å². The topological polar surface area (TPSA) is 46.9 Å². The molecule has 24 heavy (non-hydrogen) atoms. The fourth-order valence-electron chi connectivity index (χ4n) is 2.76. The van der Waals surface area contributed by atoms with Crippen LogP contribution < -0.4 is 5.32 Å². The fraction of sp³-hybridized carbons (Fsp3) is 0.500. The summed E-state index contributed by atoms with van der Waals surface area (Å²) in [6.45, 7) is 12.5. The molecule has 0 fully saturated rings. The van der Waals surface area contributed by atoms with E-state index in [9.17, 15) is 4.79 Å². The third-order valence-corrected chi connectivity index (χ3v) is 4.65. The van der Waals surface area contributed by atoms with Crippen molar-refractivity contribution in [3.63, 3.8) is 0 Å². The second-order valence-corrected chi connectivity index (χ2v) is 7.05. The summed E-state index contributed by atoms with van der Waals surface area (Å²) < 4.78 is 1.97. The molecule has 0 saturated carbocycles. The van der Waals surface area contributed by atoms with E-state index in [0.717, 1.165) is 30.6 Å². The first-order valence-electron chi connectivity index (χ1n) is 8.77. The van der Waals surface area contributed by atoms with E-state index in [1.165, 1.54) is 11.3 Å². The van der Waals surface area contributed by atoms with E-state index >= 15 is 0 Å². The van der Waals surface area contributed by atoms with Crippen LogP contribution in [0.15, 0.2) is 24.3 Å². The normalized spacial score (nSPS) is 11.6. The number of benzene rings is 1. The number of rotatable bonds is 6. The number of aromatic nitrogens is 2. The summed E-state index contributed by atoms with van der Waals surface area (Å²) in [7, 11) is 0. The van der Waals surface area contributed by atoms with Crippen molar-refractivity contribution in [2.45, 2.75) is 66.3 Å². The Morgan fingerprint density at radius 1 is 1.17 bits per heavy atom. The molecule has 1 amide bonds. The molecule has 1 aromatic heterocycles. The Morgan fingerprint density at radius 3 is 2.33 bits per heavy atom. The Labute approximate surface area is 145 Å². The van der Waals surface area contributed by atoms with E-state index in [2.05, 4.69) is 38.1 Å². The second kappa shape index (κ2) is 7.20. The minimum atomic E-state index is -0.194. The first-order valence-corrected chi connectivity index (χ1v) is 8.77. The molecule has 0 spiro atoms. The van der Waals surface area contributed by atoms with Gasteiger partial charge in [-0.2, -0.15) is 5.10 Å². The number of carbonyl (C=O) groups excluding carboxylic acids is 1. The van der Waals surface area contributed by atoms with Crippen molar-refractivity contribution in [2.24, 2.45) is 0 Å². The van der Waals surface area contributed by atoms with Crippen LogP contribution in [0.2, 0.25) is 0 Å². The number of amides is 1. The maximum atomic E-state index is 12.3. The lowest BCUT2D eigenvalue weighted by Gasteiger charge is -2.24. The van der Waals surface area contributed by atoms with Crippen LogP contribution in [0.1, 0.15) is 67.8 Å². The van der Waals surface area contributed by atoms with Gasteiger partial charge in [-0.25, -0.2) is 4.68 Å². The molecule has 130 valence electrons. The number of nitrogens with zero attached hydrogens (tertiary/aromatic N) is 2. The van der Waals surface area contributed by atoms with Crippen molar-refractivity contribution in [1.29, 1.82) is 0 Å². The highest BCUT2D eigenvalue weighted by molar-refractivity contribution is 5.94. The Balaban J connectivity index is 2.24. The molecular formula is C20H29N3O. The van der Waals surface area contributed by atoms with Gasteiger partial charge in [0.25, 0.3) is 5.91 Å². The Bertz CT molecular complexity index is 711. The molecule has 4 heteroatoms. The molecular weight excluding hydrogens is 298 g/mol. The second-order valence-electron chi connectivity index (χ2n) is 7.05. The zero-order valence-corrected chi connectivity index (χ0v) is 15.7. The Morgan fingerprint density at radius 2 is 1.79 bits per heavy atom. The highest BCUT2D eigenvalue weighted by atomic mass is 16.1. The van der Waals surface area contributed by atoms with Crippen LogP contribution in [0.5, 0.6) is 0 Å². The number of aryl methyl sites for hydroxylation is 1. The van der Waals surface area contributed by atoms with Crippen molar-refractivity contribution in [3.05, 3.63) is 46.8 Å². The van der Waals surface area contributed by atoms with Gasteiger partial charge in [0.05, 0.1) is 11.4 Å².